The third kappa shape index (κ3) is 5.41. The predicted molar refractivity (Wildman–Crippen MR) is 104 cm³/mol. The van der Waals surface area contributed by atoms with Crippen LogP contribution >= 0.6 is 12.4 Å². The molecule has 0 bridgehead atoms. The van der Waals surface area contributed by atoms with Crippen LogP contribution in [0.4, 0.5) is 10.1 Å². The Hall–Kier alpha value is -2.16. The average Bonchev–Trinajstić information content (AvgIpc) is 3.46. The minimum absolute atomic E-state index is 0. The summed E-state index contributed by atoms with van der Waals surface area (Å²) in [5.74, 6) is -0.295. The first kappa shape index (κ1) is 21.1. The topological polar surface area (TPSA) is 101 Å². The third-order valence-corrected chi connectivity index (χ3v) is 5.68. The Morgan fingerprint density at radius 2 is 1.70 bits per heavy atom. The van der Waals surface area contributed by atoms with E-state index >= 15 is 0 Å². The first-order chi connectivity index (χ1) is 12.4. The maximum absolute atomic E-state index is 12.9. The van der Waals surface area contributed by atoms with E-state index < -0.39 is 15.8 Å². The SMILES string of the molecule is Cl.NCC(NC(=O)c1ccc(S(=O)(=O)Nc2ccc(F)cc2)cc1)C1CC1. The van der Waals surface area contributed by atoms with Gasteiger partial charge in [0.15, 0.2) is 0 Å². The number of carbonyl (C=O) groups excluding carboxylic acids is 1. The summed E-state index contributed by atoms with van der Waals surface area (Å²) in [6, 6.07) is 10.6. The number of anilines is 1. The van der Waals surface area contributed by atoms with Crippen molar-refractivity contribution in [3.63, 3.8) is 0 Å². The fourth-order valence-electron chi connectivity index (χ4n) is 2.64. The van der Waals surface area contributed by atoms with Crippen LogP contribution in [-0.2, 0) is 10.0 Å². The quantitative estimate of drug-likeness (QED) is 0.649. The molecule has 9 heteroatoms. The van der Waals surface area contributed by atoms with Gasteiger partial charge in [-0.2, -0.15) is 0 Å². The lowest BCUT2D eigenvalue weighted by molar-refractivity contribution is 0.0933. The van der Waals surface area contributed by atoms with E-state index in [4.69, 9.17) is 5.73 Å². The monoisotopic (exact) mass is 413 g/mol. The summed E-state index contributed by atoms with van der Waals surface area (Å²) in [4.78, 5) is 12.3. The number of amides is 1. The maximum atomic E-state index is 12.9. The van der Waals surface area contributed by atoms with Crippen LogP contribution in [0.5, 0.6) is 0 Å². The zero-order chi connectivity index (χ0) is 18.7. The van der Waals surface area contributed by atoms with Crippen molar-refractivity contribution in [1.82, 2.24) is 5.32 Å². The molecule has 2 aromatic rings. The molecule has 1 aliphatic rings. The van der Waals surface area contributed by atoms with Crippen LogP contribution in [0.2, 0.25) is 0 Å². The molecule has 1 fully saturated rings. The van der Waals surface area contributed by atoms with Gasteiger partial charge in [-0.3, -0.25) is 9.52 Å². The molecule has 1 saturated carbocycles. The lowest BCUT2D eigenvalue weighted by Crippen LogP contribution is -2.41. The molecular formula is C18H21ClFN3O3S. The number of nitrogens with two attached hydrogens (primary N) is 1. The summed E-state index contributed by atoms with van der Waals surface area (Å²) >= 11 is 0. The molecule has 0 saturated heterocycles. The van der Waals surface area contributed by atoms with Gasteiger partial charge in [-0.1, -0.05) is 0 Å². The van der Waals surface area contributed by atoms with Crippen LogP contribution < -0.4 is 15.8 Å². The molecular weight excluding hydrogens is 393 g/mol. The van der Waals surface area contributed by atoms with Crippen molar-refractivity contribution in [2.45, 2.75) is 23.8 Å². The zero-order valence-electron chi connectivity index (χ0n) is 14.4. The number of halogens is 2. The number of carbonyl (C=O) groups is 1. The van der Waals surface area contributed by atoms with Crippen LogP contribution in [0, 0.1) is 11.7 Å². The van der Waals surface area contributed by atoms with Crippen molar-refractivity contribution in [1.29, 1.82) is 0 Å². The molecule has 1 atom stereocenters. The molecule has 0 aliphatic heterocycles. The second-order valence-corrected chi connectivity index (χ2v) is 7.97. The van der Waals surface area contributed by atoms with E-state index in [1.54, 1.807) is 0 Å². The number of benzene rings is 2. The van der Waals surface area contributed by atoms with Crippen molar-refractivity contribution >= 4 is 34.0 Å². The number of hydrogen-bond donors (Lipinski definition) is 3. The predicted octanol–water partition coefficient (Wildman–Crippen LogP) is 2.52. The van der Waals surface area contributed by atoms with Crippen LogP contribution in [0.3, 0.4) is 0 Å². The van der Waals surface area contributed by atoms with Gasteiger partial charge in [-0.15, -0.1) is 12.4 Å². The summed E-state index contributed by atoms with van der Waals surface area (Å²) in [6.07, 6.45) is 2.13. The number of hydrogen-bond acceptors (Lipinski definition) is 4. The van der Waals surface area contributed by atoms with Gasteiger partial charge in [0.25, 0.3) is 15.9 Å². The Morgan fingerprint density at radius 1 is 1.11 bits per heavy atom. The third-order valence-electron chi connectivity index (χ3n) is 4.28. The van der Waals surface area contributed by atoms with Gasteiger partial charge in [-0.25, -0.2) is 12.8 Å². The minimum Gasteiger partial charge on any atom is -0.348 e. The van der Waals surface area contributed by atoms with E-state index in [1.807, 2.05) is 0 Å². The van der Waals surface area contributed by atoms with E-state index in [2.05, 4.69) is 10.0 Å². The molecule has 4 N–H and O–H groups in total. The highest BCUT2D eigenvalue weighted by Crippen LogP contribution is 2.32. The van der Waals surface area contributed by atoms with Crippen molar-refractivity contribution < 1.29 is 17.6 Å². The fourth-order valence-corrected chi connectivity index (χ4v) is 3.70. The smallest absolute Gasteiger partial charge is 0.261 e. The Bertz CT molecular complexity index is 885. The van der Waals surface area contributed by atoms with Crippen LogP contribution in [-0.4, -0.2) is 26.9 Å². The highest BCUT2D eigenvalue weighted by Gasteiger charge is 2.31. The van der Waals surface area contributed by atoms with E-state index in [0.717, 1.165) is 12.8 Å². The van der Waals surface area contributed by atoms with E-state index in [9.17, 15) is 17.6 Å². The first-order valence-corrected chi connectivity index (χ1v) is 9.77. The Morgan fingerprint density at radius 3 is 2.22 bits per heavy atom. The number of sulfonamides is 1. The number of nitrogens with one attached hydrogen (secondary N) is 2. The second kappa shape index (κ2) is 8.69. The summed E-state index contributed by atoms with van der Waals surface area (Å²) in [5.41, 5.74) is 6.30. The van der Waals surface area contributed by atoms with Gasteiger partial charge in [0, 0.05) is 23.8 Å². The molecule has 1 unspecified atom stereocenters. The number of rotatable bonds is 7. The van der Waals surface area contributed by atoms with Gasteiger partial charge < -0.3 is 11.1 Å². The zero-order valence-corrected chi connectivity index (χ0v) is 16.0. The summed E-state index contributed by atoms with van der Waals surface area (Å²) in [5, 5.41) is 2.88. The highest BCUT2D eigenvalue weighted by atomic mass is 35.5. The largest absolute Gasteiger partial charge is 0.348 e. The Labute approximate surface area is 163 Å². The summed E-state index contributed by atoms with van der Waals surface area (Å²) in [7, 11) is -3.82. The standard InChI is InChI=1S/C18H20FN3O3S.ClH/c19-14-5-7-15(8-6-14)22-26(24,25)16-9-3-13(4-10-16)18(23)21-17(11-20)12-1-2-12;/h3-10,12,17,22H,1-2,11,20H2,(H,21,23);1H. The lowest BCUT2D eigenvalue weighted by atomic mass is 10.1. The van der Waals surface area contributed by atoms with Gasteiger partial charge in [0.1, 0.15) is 5.82 Å². The average molecular weight is 414 g/mol. The molecule has 0 heterocycles. The van der Waals surface area contributed by atoms with Crippen molar-refractivity contribution in [2.24, 2.45) is 11.7 Å². The van der Waals surface area contributed by atoms with E-state index in [1.165, 1.54) is 48.5 Å². The first-order valence-electron chi connectivity index (χ1n) is 8.28. The molecule has 6 nitrogen and oxygen atoms in total. The molecule has 27 heavy (non-hydrogen) atoms. The molecule has 2 aromatic carbocycles. The molecule has 146 valence electrons. The van der Waals surface area contributed by atoms with Crippen molar-refractivity contribution in [3.8, 4) is 0 Å². The summed E-state index contributed by atoms with van der Waals surface area (Å²) in [6.45, 7) is 0.379. The maximum Gasteiger partial charge on any atom is 0.261 e. The van der Waals surface area contributed by atoms with E-state index in [0.29, 0.717) is 18.0 Å². The van der Waals surface area contributed by atoms with Crippen molar-refractivity contribution in [2.75, 3.05) is 11.3 Å². The molecule has 3 rings (SSSR count). The van der Waals surface area contributed by atoms with Crippen LogP contribution in [0.15, 0.2) is 53.4 Å². The Balaban J connectivity index is 0.00000261. The summed E-state index contributed by atoms with van der Waals surface area (Å²) < 4.78 is 40.0. The van der Waals surface area contributed by atoms with Gasteiger partial charge in [-0.05, 0) is 67.3 Å². The van der Waals surface area contributed by atoms with E-state index in [-0.39, 0.29) is 34.9 Å². The van der Waals surface area contributed by atoms with Crippen molar-refractivity contribution in [3.05, 3.63) is 59.9 Å². The molecule has 1 aliphatic carbocycles. The minimum atomic E-state index is -3.82. The highest BCUT2D eigenvalue weighted by molar-refractivity contribution is 7.92. The molecule has 0 aromatic heterocycles. The normalized spacial score (nSPS) is 14.7. The fraction of sp³-hybridized carbons (Fsp3) is 0.278. The lowest BCUT2D eigenvalue weighted by Gasteiger charge is -2.16. The van der Waals surface area contributed by atoms with Gasteiger partial charge in [0.2, 0.25) is 0 Å². The molecule has 0 radical (unpaired) electrons. The second-order valence-electron chi connectivity index (χ2n) is 6.29. The van der Waals surface area contributed by atoms with Gasteiger partial charge >= 0.3 is 0 Å². The molecule has 0 spiro atoms. The van der Waals surface area contributed by atoms with Crippen LogP contribution in [0.25, 0.3) is 0 Å². The Kier molecular flexibility index (Phi) is 6.80. The van der Waals surface area contributed by atoms with Gasteiger partial charge in [0.05, 0.1) is 4.90 Å². The van der Waals surface area contributed by atoms with Crippen LogP contribution in [0.1, 0.15) is 23.2 Å². The molecule has 1 amide bonds.